The van der Waals surface area contributed by atoms with Crippen molar-refractivity contribution >= 4 is 17.7 Å². The van der Waals surface area contributed by atoms with Crippen LogP contribution in [0.4, 0.5) is 20.2 Å². The molecule has 2 aromatic carbocycles. The van der Waals surface area contributed by atoms with E-state index in [2.05, 4.69) is 0 Å². The summed E-state index contributed by atoms with van der Waals surface area (Å²) in [6.45, 7) is 0. The Kier molecular flexibility index (Phi) is 3.37. The lowest BCUT2D eigenvalue weighted by atomic mass is 10.1. The smallest absolute Gasteiger partial charge is 0.152 e. The molecule has 0 aliphatic carbocycles. The van der Waals surface area contributed by atoms with Crippen molar-refractivity contribution in [3.8, 4) is 0 Å². The molecule has 0 unspecified atom stereocenters. The zero-order valence-corrected chi connectivity index (χ0v) is 9.73. The molecule has 0 spiro atoms. The molecule has 2 rings (SSSR count). The third-order valence-corrected chi connectivity index (χ3v) is 2.69. The average Bonchev–Trinajstić information content (AvgIpc) is 2.38. The number of benzene rings is 2. The van der Waals surface area contributed by atoms with Gasteiger partial charge in [0.1, 0.15) is 11.6 Å². The van der Waals surface area contributed by atoms with Crippen LogP contribution in [-0.2, 0) is 0 Å². The summed E-state index contributed by atoms with van der Waals surface area (Å²) in [5, 5.41) is 0. The van der Waals surface area contributed by atoms with Crippen molar-refractivity contribution in [1.82, 2.24) is 0 Å². The van der Waals surface area contributed by atoms with Gasteiger partial charge in [-0.15, -0.1) is 0 Å². The van der Waals surface area contributed by atoms with Gasteiger partial charge in [0, 0.05) is 18.3 Å². The molecule has 0 fully saturated rings. The Labute approximate surface area is 103 Å². The molecule has 0 saturated carbocycles. The van der Waals surface area contributed by atoms with Gasteiger partial charge in [-0.3, -0.25) is 4.79 Å². The van der Waals surface area contributed by atoms with Gasteiger partial charge in [0.05, 0.1) is 5.69 Å². The van der Waals surface area contributed by atoms with Gasteiger partial charge in [-0.05, 0) is 42.5 Å². The summed E-state index contributed by atoms with van der Waals surface area (Å²) in [6, 6.07) is 9.81. The van der Waals surface area contributed by atoms with Gasteiger partial charge in [-0.2, -0.15) is 0 Å². The fourth-order valence-electron chi connectivity index (χ4n) is 1.73. The topological polar surface area (TPSA) is 20.3 Å². The van der Waals surface area contributed by atoms with Crippen LogP contribution in [0.3, 0.4) is 0 Å². The second kappa shape index (κ2) is 4.96. The molecule has 0 aromatic heterocycles. The summed E-state index contributed by atoms with van der Waals surface area (Å²) >= 11 is 0. The Morgan fingerprint density at radius 2 is 1.61 bits per heavy atom. The first kappa shape index (κ1) is 12.2. The molecule has 0 aliphatic heterocycles. The predicted octanol–water partition coefficient (Wildman–Crippen LogP) is 3.55. The van der Waals surface area contributed by atoms with Crippen molar-refractivity contribution in [2.24, 2.45) is 0 Å². The highest BCUT2D eigenvalue weighted by Crippen LogP contribution is 2.26. The first-order chi connectivity index (χ1) is 8.61. The van der Waals surface area contributed by atoms with E-state index in [4.69, 9.17) is 0 Å². The average molecular weight is 247 g/mol. The zero-order valence-electron chi connectivity index (χ0n) is 9.73. The monoisotopic (exact) mass is 247 g/mol. The fraction of sp³-hybridized carbons (Fsp3) is 0.0714. The Balaban J connectivity index is 2.42. The van der Waals surface area contributed by atoms with Crippen LogP contribution in [0, 0.1) is 11.6 Å². The Hall–Kier alpha value is -2.23. The van der Waals surface area contributed by atoms with E-state index in [0.717, 1.165) is 0 Å². The van der Waals surface area contributed by atoms with Gasteiger partial charge in [-0.25, -0.2) is 8.78 Å². The number of nitrogens with zero attached hydrogens (tertiary/aromatic N) is 1. The minimum Gasteiger partial charge on any atom is -0.344 e. The third-order valence-electron chi connectivity index (χ3n) is 2.69. The van der Waals surface area contributed by atoms with E-state index in [1.54, 1.807) is 24.1 Å². The third kappa shape index (κ3) is 2.37. The van der Waals surface area contributed by atoms with Gasteiger partial charge < -0.3 is 4.90 Å². The highest BCUT2D eigenvalue weighted by molar-refractivity contribution is 5.86. The standard InChI is InChI=1S/C14H11F2NO/c1-17(13-5-2-11(15)3-6-13)14-7-4-12(16)8-10(14)9-18/h2-9H,1H3. The number of hydrogen-bond acceptors (Lipinski definition) is 2. The zero-order chi connectivity index (χ0) is 13.1. The van der Waals surface area contributed by atoms with Crippen molar-refractivity contribution in [1.29, 1.82) is 0 Å². The van der Waals surface area contributed by atoms with E-state index in [1.165, 1.54) is 30.3 Å². The van der Waals surface area contributed by atoms with Gasteiger partial charge in [0.15, 0.2) is 6.29 Å². The summed E-state index contributed by atoms with van der Waals surface area (Å²) in [5.74, 6) is -0.796. The number of hydrogen-bond donors (Lipinski definition) is 0. The van der Waals surface area contributed by atoms with Gasteiger partial charge >= 0.3 is 0 Å². The quantitative estimate of drug-likeness (QED) is 0.773. The molecule has 2 aromatic rings. The summed E-state index contributed by atoms with van der Waals surface area (Å²) in [5.41, 5.74) is 1.53. The van der Waals surface area contributed by atoms with Crippen LogP contribution < -0.4 is 4.90 Å². The highest BCUT2D eigenvalue weighted by Gasteiger charge is 2.10. The van der Waals surface area contributed by atoms with E-state index in [1.807, 2.05) is 0 Å². The van der Waals surface area contributed by atoms with Crippen LogP contribution in [0.1, 0.15) is 10.4 Å². The van der Waals surface area contributed by atoms with E-state index in [0.29, 0.717) is 17.7 Å². The van der Waals surface area contributed by atoms with Crippen LogP contribution in [-0.4, -0.2) is 13.3 Å². The molecule has 0 radical (unpaired) electrons. The van der Waals surface area contributed by atoms with E-state index in [-0.39, 0.29) is 11.4 Å². The lowest BCUT2D eigenvalue weighted by Crippen LogP contribution is -2.11. The molecular weight excluding hydrogens is 236 g/mol. The summed E-state index contributed by atoms with van der Waals surface area (Å²) in [4.78, 5) is 12.6. The molecule has 4 heteroatoms. The Morgan fingerprint density at radius 3 is 2.22 bits per heavy atom. The molecule has 0 atom stereocenters. The minimum absolute atomic E-state index is 0.252. The number of anilines is 2. The number of carbonyl (C=O) groups excluding carboxylic acids is 1. The number of carbonyl (C=O) groups is 1. The van der Waals surface area contributed by atoms with E-state index in [9.17, 15) is 13.6 Å². The molecule has 0 N–H and O–H groups in total. The molecule has 0 aliphatic rings. The van der Waals surface area contributed by atoms with Crippen LogP contribution in [0.2, 0.25) is 0 Å². The maximum atomic E-state index is 13.0. The van der Waals surface area contributed by atoms with Gasteiger partial charge in [0.25, 0.3) is 0 Å². The van der Waals surface area contributed by atoms with Crippen molar-refractivity contribution in [2.75, 3.05) is 11.9 Å². The first-order valence-electron chi connectivity index (χ1n) is 5.36. The molecule has 2 nitrogen and oxygen atoms in total. The lowest BCUT2D eigenvalue weighted by Gasteiger charge is -2.21. The van der Waals surface area contributed by atoms with Gasteiger partial charge in [-0.1, -0.05) is 0 Å². The number of halogens is 2. The molecule has 18 heavy (non-hydrogen) atoms. The van der Waals surface area contributed by atoms with Crippen LogP contribution in [0.5, 0.6) is 0 Å². The largest absolute Gasteiger partial charge is 0.344 e. The summed E-state index contributed by atoms with van der Waals surface area (Å²) in [7, 11) is 1.73. The van der Waals surface area contributed by atoms with Crippen molar-refractivity contribution in [2.45, 2.75) is 0 Å². The van der Waals surface area contributed by atoms with Crippen LogP contribution in [0.25, 0.3) is 0 Å². The maximum Gasteiger partial charge on any atom is 0.152 e. The fourth-order valence-corrected chi connectivity index (χ4v) is 1.73. The minimum atomic E-state index is -0.464. The number of rotatable bonds is 3. The van der Waals surface area contributed by atoms with Crippen molar-refractivity contribution in [3.63, 3.8) is 0 Å². The van der Waals surface area contributed by atoms with E-state index >= 15 is 0 Å². The van der Waals surface area contributed by atoms with Crippen LogP contribution >= 0.6 is 0 Å². The predicted molar refractivity (Wildman–Crippen MR) is 66.3 cm³/mol. The maximum absolute atomic E-state index is 13.0. The van der Waals surface area contributed by atoms with Crippen molar-refractivity contribution < 1.29 is 13.6 Å². The van der Waals surface area contributed by atoms with E-state index < -0.39 is 5.82 Å². The second-order valence-corrected chi connectivity index (χ2v) is 3.86. The summed E-state index contributed by atoms with van der Waals surface area (Å²) in [6.07, 6.45) is 0.596. The second-order valence-electron chi connectivity index (χ2n) is 3.86. The van der Waals surface area contributed by atoms with Gasteiger partial charge in [0.2, 0.25) is 0 Å². The molecule has 0 amide bonds. The molecule has 0 bridgehead atoms. The Morgan fingerprint density at radius 1 is 1.00 bits per heavy atom. The molecular formula is C14H11F2NO. The summed E-state index contributed by atoms with van der Waals surface area (Å²) < 4.78 is 25.9. The molecule has 0 saturated heterocycles. The number of aldehydes is 1. The van der Waals surface area contributed by atoms with Crippen molar-refractivity contribution in [3.05, 3.63) is 59.7 Å². The molecule has 0 heterocycles. The Bertz CT molecular complexity index is 567. The molecule has 92 valence electrons. The first-order valence-corrected chi connectivity index (χ1v) is 5.36. The lowest BCUT2D eigenvalue weighted by molar-refractivity contribution is 0.112. The highest BCUT2D eigenvalue weighted by atomic mass is 19.1. The normalized spacial score (nSPS) is 10.2. The van der Waals surface area contributed by atoms with Crippen LogP contribution in [0.15, 0.2) is 42.5 Å². The SMILES string of the molecule is CN(c1ccc(F)cc1)c1ccc(F)cc1C=O.